The summed E-state index contributed by atoms with van der Waals surface area (Å²) in [6.07, 6.45) is 1.92. The molecule has 0 saturated heterocycles. The third kappa shape index (κ3) is 5.03. The number of rotatable bonds is 7. The van der Waals surface area contributed by atoms with Gasteiger partial charge in [-0.15, -0.1) is 11.3 Å². The van der Waals surface area contributed by atoms with Crippen molar-refractivity contribution in [2.75, 3.05) is 16.0 Å². The highest BCUT2D eigenvalue weighted by Crippen LogP contribution is 2.32. The summed E-state index contributed by atoms with van der Waals surface area (Å²) >= 11 is 1.29. The number of benzene rings is 2. The van der Waals surface area contributed by atoms with Crippen molar-refractivity contribution in [2.24, 2.45) is 5.92 Å². The van der Waals surface area contributed by atoms with E-state index in [-0.39, 0.29) is 23.8 Å². The molecule has 2 aromatic carbocycles. The van der Waals surface area contributed by atoms with Gasteiger partial charge < -0.3 is 16.0 Å². The molecule has 4 rings (SSSR count). The van der Waals surface area contributed by atoms with Crippen molar-refractivity contribution in [1.29, 1.82) is 0 Å². The summed E-state index contributed by atoms with van der Waals surface area (Å²) in [6, 6.07) is 21.6. The summed E-state index contributed by atoms with van der Waals surface area (Å²) in [5.41, 5.74) is 2.93. The van der Waals surface area contributed by atoms with Gasteiger partial charge in [0.2, 0.25) is 5.91 Å². The van der Waals surface area contributed by atoms with E-state index in [4.69, 9.17) is 0 Å². The van der Waals surface area contributed by atoms with Gasteiger partial charge in [-0.05, 0) is 61.7 Å². The molecule has 0 bridgehead atoms. The standard InChI is InChI=1S/C23H23N3O2S/c1-15(16-5-3-2-4-6-16)24-18-9-11-19(12-10-18)25-23(28)20-13-14-21(29-20)26-22(27)17-7-8-17/h2-6,9-15,17,24H,7-8H2,1H3,(H,25,28)(H,26,27). The van der Waals surface area contributed by atoms with Gasteiger partial charge in [-0.1, -0.05) is 30.3 Å². The van der Waals surface area contributed by atoms with E-state index in [9.17, 15) is 9.59 Å². The number of amides is 2. The summed E-state index contributed by atoms with van der Waals surface area (Å²) in [5.74, 6) is 0.0121. The highest BCUT2D eigenvalue weighted by molar-refractivity contribution is 7.18. The van der Waals surface area contributed by atoms with Gasteiger partial charge in [0, 0.05) is 23.3 Å². The molecule has 1 fully saturated rings. The lowest BCUT2D eigenvalue weighted by Gasteiger charge is -2.16. The largest absolute Gasteiger partial charge is 0.379 e. The van der Waals surface area contributed by atoms with Gasteiger partial charge in [-0.25, -0.2) is 0 Å². The molecule has 3 aromatic rings. The van der Waals surface area contributed by atoms with Crippen molar-refractivity contribution in [1.82, 2.24) is 0 Å². The summed E-state index contributed by atoms with van der Waals surface area (Å²) in [4.78, 5) is 24.9. The van der Waals surface area contributed by atoms with Crippen molar-refractivity contribution in [3.63, 3.8) is 0 Å². The van der Waals surface area contributed by atoms with Gasteiger partial charge in [-0.2, -0.15) is 0 Å². The first-order chi connectivity index (χ1) is 14.1. The predicted molar refractivity (Wildman–Crippen MR) is 119 cm³/mol. The molecule has 1 atom stereocenters. The zero-order valence-corrected chi connectivity index (χ0v) is 17.0. The Bertz CT molecular complexity index is 994. The van der Waals surface area contributed by atoms with Gasteiger partial charge >= 0.3 is 0 Å². The molecule has 29 heavy (non-hydrogen) atoms. The van der Waals surface area contributed by atoms with Crippen molar-refractivity contribution < 1.29 is 9.59 Å². The first kappa shape index (κ1) is 19.2. The number of hydrogen-bond acceptors (Lipinski definition) is 4. The number of carbonyl (C=O) groups excluding carboxylic acids is 2. The average molecular weight is 406 g/mol. The smallest absolute Gasteiger partial charge is 0.265 e. The minimum Gasteiger partial charge on any atom is -0.379 e. The highest BCUT2D eigenvalue weighted by atomic mass is 32.1. The molecule has 148 valence electrons. The van der Waals surface area contributed by atoms with Crippen molar-refractivity contribution >= 4 is 39.5 Å². The minimum absolute atomic E-state index is 0.0478. The fraction of sp³-hybridized carbons (Fsp3) is 0.217. The lowest BCUT2D eigenvalue weighted by molar-refractivity contribution is -0.117. The topological polar surface area (TPSA) is 70.2 Å². The number of thiophene rings is 1. The quantitative estimate of drug-likeness (QED) is 0.485. The number of nitrogens with one attached hydrogen (secondary N) is 3. The summed E-state index contributed by atoms with van der Waals surface area (Å²) < 4.78 is 0. The molecular weight excluding hydrogens is 382 g/mol. The van der Waals surface area contributed by atoms with Gasteiger partial charge in [-0.3, -0.25) is 9.59 Å². The van der Waals surface area contributed by atoms with Crippen LogP contribution in [0.25, 0.3) is 0 Å². The van der Waals surface area contributed by atoms with Crippen LogP contribution in [0.5, 0.6) is 0 Å². The monoisotopic (exact) mass is 405 g/mol. The molecule has 0 radical (unpaired) electrons. The lowest BCUT2D eigenvalue weighted by Crippen LogP contribution is -2.12. The van der Waals surface area contributed by atoms with E-state index >= 15 is 0 Å². The molecule has 1 aromatic heterocycles. The fourth-order valence-electron chi connectivity index (χ4n) is 3.01. The number of anilines is 3. The highest BCUT2D eigenvalue weighted by Gasteiger charge is 2.29. The zero-order chi connectivity index (χ0) is 20.2. The Hall–Kier alpha value is -3.12. The lowest BCUT2D eigenvalue weighted by atomic mass is 10.1. The maximum Gasteiger partial charge on any atom is 0.265 e. The van der Waals surface area contributed by atoms with E-state index in [0.29, 0.717) is 9.88 Å². The summed E-state index contributed by atoms with van der Waals surface area (Å²) in [5, 5.41) is 9.94. The van der Waals surface area contributed by atoms with Crippen LogP contribution in [-0.2, 0) is 4.79 Å². The SMILES string of the molecule is CC(Nc1ccc(NC(=O)c2ccc(NC(=O)C3CC3)s2)cc1)c1ccccc1. The Morgan fingerprint density at radius 1 is 0.897 bits per heavy atom. The van der Waals surface area contributed by atoms with Crippen LogP contribution in [0.15, 0.2) is 66.7 Å². The van der Waals surface area contributed by atoms with E-state index in [1.54, 1.807) is 12.1 Å². The first-order valence-corrected chi connectivity index (χ1v) is 10.5. The molecule has 0 spiro atoms. The van der Waals surface area contributed by atoms with E-state index in [1.165, 1.54) is 16.9 Å². The van der Waals surface area contributed by atoms with E-state index in [0.717, 1.165) is 24.2 Å². The molecule has 1 aliphatic rings. The number of hydrogen-bond donors (Lipinski definition) is 3. The van der Waals surface area contributed by atoms with Crippen LogP contribution < -0.4 is 16.0 Å². The van der Waals surface area contributed by atoms with Crippen LogP contribution in [0.1, 0.15) is 41.0 Å². The average Bonchev–Trinajstić information content (AvgIpc) is 3.49. The van der Waals surface area contributed by atoms with Gasteiger partial charge in [0.15, 0.2) is 0 Å². The first-order valence-electron chi connectivity index (χ1n) is 9.72. The molecule has 3 N–H and O–H groups in total. The second kappa shape index (κ2) is 8.49. The molecule has 1 unspecified atom stereocenters. The van der Waals surface area contributed by atoms with Crippen LogP contribution in [0.3, 0.4) is 0 Å². The fourth-order valence-corrected chi connectivity index (χ4v) is 3.82. The van der Waals surface area contributed by atoms with Crippen LogP contribution in [0.2, 0.25) is 0 Å². The van der Waals surface area contributed by atoms with Crippen molar-refractivity contribution in [3.8, 4) is 0 Å². The third-order valence-electron chi connectivity index (χ3n) is 4.85. The molecule has 5 nitrogen and oxygen atoms in total. The minimum atomic E-state index is -0.180. The Morgan fingerprint density at radius 3 is 2.28 bits per heavy atom. The molecule has 0 aliphatic heterocycles. The number of carbonyl (C=O) groups is 2. The Labute approximate surface area is 174 Å². The van der Waals surface area contributed by atoms with E-state index in [2.05, 4.69) is 35.0 Å². The Morgan fingerprint density at radius 2 is 1.59 bits per heavy atom. The summed E-state index contributed by atoms with van der Waals surface area (Å²) in [7, 11) is 0. The van der Waals surface area contributed by atoms with Crippen molar-refractivity contribution in [3.05, 3.63) is 77.2 Å². The Balaban J connectivity index is 1.33. The zero-order valence-electron chi connectivity index (χ0n) is 16.1. The van der Waals surface area contributed by atoms with Crippen LogP contribution in [0, 0.1) is 5.92 Å². The molecule has 6 heteroatoms. The van der Waals surface area contributed by atoms with Crippen LogP contribution in [0.4, 0.5) is 16.4 Å². The van der Waals surface area contributed by atoms with Gasteiger partial charge in [0.25, 0.3) is 5.91 Å². The van der Waals surface area contributed by atoms with Gasteiger partial charge in [0.05, 0.1) is 9.88 Å². The van der Waals surface area contributed by atoms with E-state index < -0.39 is 0 Å². The van der Waals surface area contributed by atoms with Crippen LogP contribution in [-0.4, -0.2) is 11.8 Å². The maximum absolute atomic E-state index is 12.5. The van der Waals surface area contributed by atoms with Crippen LogP contribution >= 0.6 is 11.3 Å². The second-order valence-electron chi connectivity index (χ2n) is 7.24. The van der Waals surface area contributed by atoms with Crippen molar-refractivity contribution in [2.45, 2.75) is 25.8 Å². The maximum atomic E-state index is 12.5. The molecule has 1 heterocycles. The molecule has 1 aliphatic carbocycles. The predicted octanol–water partition coefficient (Wildman–Crippen LogP) is 5.52. The third-order valence-corrected chi connectivity index (χ3v) is 5.85. The molecular formula is C23H23N3O2S. The summed E-state index contributed by atoms with van der Waals surface area (Å²) in [6.45, 7) is 2.11. The van der Waals surface area contributed by atoms with E-state index in [1.807, 2.05) is 42.5 Å². The molecule has 2 amide bonds. The second-order valence-corrected chi connectivity index (χ2v) is 8.32. The molecule has 1 saturated carbocycles. The Kier molecular flexibility index (Phi) is 5.62. The van der Waals surface area contributed by atoms with Gasteiger partial charge in [0.1, 0.15) is 0 Å². The normalized spacial score (nSPS) is 14.1.